The molecule has 0 saturated carbocycles. The van der Waals surface area contributed by atoms with E-state index in [1.807, 2.05) is 0 Å². The summed E-state index contributed by atoms with van der Waals surface area (Å²) in [6, 6.07) is 2.47. The van der Waals surface area contributed by atoms with Gasteiger partial charge in [-0.15, -0.1) is 0 Å². The molecule has 2 N–H and O–H groups in total. The van der Waals surface area contributed by atoms with Gasteiger partial charge in [0.15, 0.2) is 5.82 Å². The molecule has 0 saturated heterocycles. The molecular weight excluding hydrogens is 396 g/mol. The van der Waals surface area contributed by atoms with Crippen molar-refractivity contribution in [3.8, 4) is 0 Å². The molecule has 0 aliphatic carbocycles. The van der Waals surface area contributed by atoms with Crippen molar-refractivity contribution < 1.29 is 44.5 Å². The number of hydrogen-bond donors (Lipinski definition) is 2. The molecule has 1 aromatic heterocycles. The number of fused-ring (bicyclic) bond motifs is 1. The van der Waals surface area contributed by atoms with Crippen LogP contribution in [0.15, 0.2) is 12.1 Å². The van der Waals surface area contributed by atoms with Crippen LogP contribution in [-0.4, -0.2) is 28.8 Å². The van der Waals surface area contributed by atoms with Crippen molar-refractivity contribution in [1.29, 1.82) is 0 Å². The third-order valence-corrected chi connectivity index (χ3v) is 3.72. The van der Waals surface area contributed by atoms with E-state index >= 15 is 0 Å². The van der Waals surface area contributed by atoms with E-state index < -0.39 is 29.9 Å². The number of aromatic nitrogens is 1. The first kappa shape index (κ1) is 22.2. The van der Waals surface area contributed by atoms with Crippen molar-refractivity contribution in [2.24, 2.45) is 0 Å². The predicted molar refractivity (Wildman–Crippen MR) is 86.6 cm³/mol. The van der Waals surface area contributed by atoms with E-state index in [2.05, 4.69) is 10.3 Å². The van der Waals surface area contributed by atoms with Gasteiger partial charge in [0.05, 0.1) is 11.2 Å². The fourth-order valence-corrected chi connectivity index (χ4v) is 2.56. The van der Waals surface area contributed by atoms with Crippen molar-refractivity contribution in [2.75, 3.05) is 11.9 Å². The SMILES string of the molecule is Cc1cc(C(=O)O)nc2c(C(C)(C)C)cc(NCC(F)(F)F)c(F)c12.[Fe]. The number of carboxylic acid groups (broad SMARTS) is 1. The molecule has 0 atom stereocenters. The molecule has 2 aromatic rings. The first-order chi connectivity index (χ1) is 11.3. The van der Waals surface area contributed by atoms with Crippen LogP contribution in [0.3, 0.4) is 0 Å². The Labute approximate surface area is 158 Å². The molecular formula is C17H18F4FeN2O2. The Morgan fingerprint density at radius 3 is 2.27 bits per heavy atom. The van der Waals surface area contributed by atoms with Crippen molar-refractivity contribution in [3.05, 3.63) is 34.8 Å². The molecule has 0 unspecified atom stereocenters. The molecule has 0 aliphatic heterocycles. The number of hydrogen-bond acceptors (Lipinski definition) is 3. The number of anilines is 1. The fourth-order valence-electron chi connectivity index (χ4n) is 2.56. The Morgan fingerprint density at radius 2 is 1.81 bits per heavy atom. The second kappa shape index (κ2) is 7.40. The van der Waals surface area contributed by atoms with Crippen molar-refractivity contribution in [1.82, 2.24) is 4.98 Å². The van der Waals surface area contributed by atoms with Gasteiger partial charge < -0.3 is 10.4 Å². The molecule has 0 spiro atoms. The van der Waals surface area contributed by atoms with Crippen LogP contribution >= 0.6 is 0 Å². The summed E-state index contributed by atoms with van der Waals surface area (Å²) in [5, 5.41) is 11.3. The second-order valence-corrected chi connectivity index (χ2v) is 6.86. The maximum Gasteiger partial charge on any atom is 0.405 e. The van der Waals surface area contributed by atoms with Crippen molar-refractivity contribution >= 4 is 22.6 Å². The molecule has 0 aliphatic rings. The van der Waals surface area contributed by atoms with E-state index in [0.717, 1.165) is 0 Å². The standard InChI is InChI=1S/C17H18F4N2O2.Fe/c1-8-5-11(15(24)25)23-14-9(16(2,3)4)6-10(13(18)12(8)14)22-7-17(19,20)21;/h5-6,22H,7H2,1-4H3,(H,24,25);. The van der Waals surface area contributed by atoms with Crippen molar-refractivity contribution in [3.63, 3.8) is 0 Å². The van der Waals surface area contributed by atoms with Crippen LogP contribution in [-0.2, 0) is 22.5 Å². The van der Waals surface area contributed by atoms with E-state index in [9.17, 15) is 22.4 Å². The van der Waals surface area contributed by atoms with E-state index in [1.54, 1.807) is 20.8 Å². The molecule has 0 radical (unpaired) electrons. The van der Waals surface area contributed by atoms with Gasteiger partial charge in [0.2, 0.25) is 0 Å². The summed E-state index contributed by atoms with van der Waals surface area (Å²) in [6.07, 6.45) is -4.50. The summed E-state index contributed by atoms with van der Waals surface area (Å²) in [4.78, 5) is 15.3. The van der Waals surface area contributed by atoms with Crippen LogP contribution in [0.2, 0.25) is 0 Å². The van der Waals surface area contributed by atoms with Crippen LogP contribution in [0, 0.1) is 12.7 Å². The number of benzene rings is 1. The Hall–Kier alpha value is -1.86. The molecule has 2 rings (SSSR count). The molecule has 4 nitrogen and oxygen atoms in total. The van der Waals surface area contributed by atoms with Gasteiger partial charge >= 0.3 is 12.1 Å². The van der Waals surface area contributed by atoms with Crippen molar-refractivity contribution in [2.45, 2.75) is 39.3 Å². The Morgan fingerprint density at radius 1 is 1.23 bits per heavy atom. The summed E-state index contributed by atoms with van der Waals surface area (Å²) >= 11 is 0. The summed E-state index contributed by atoms with van der Waals surface area (Å²) < 4.78 is 52.2. The normalized spacial score (nSPS) is 12.0. The van der Waals surface area contributed by atoms with Crippen LogP contribution in [0.4, 0.5) is 23.2 Å². The number of aromatic carboxylic acids is 1. The largest absolute Gasteiger partial charge is 0.477 e. The number of halogens is 4. The topological polar surface area (TPSA) is 62.2 Å². The Kier molecular flexibility index (Phi) is 6.32. The average molecular weight is 414 g/mol. The monoisotopic (exact) mass is 414 g/mol. The van der Waals surface area contributed by atoms with Crippen LogP contribution in [0.25, 0.3) is 10.9 Å². The van der Waals surface area contributed by atoms with Crippen LogP contribution in [0.1, 0.15) is 42.4 Å². The smallest absolute Gasteiger partial charge is 0.405 e. The molecule has 0 bridgehead atoms. The van der Waals surface area contributed by atoms with E-state index in [1.165, 1.54) is 19.1 Å². The van der Waals surface area contributed by atoms with Gasteiger partial charge in [0.1, 0.15) is 12.2 Å². The summed E-state index contributed by atoms with van der Waals surface area (Å²) in [7, 11) is 0. The molecule has 1 aromatic carbocycles. The number of rotatable bonds is 3. The molecule has 9 heteroatoms. The van der Waals surface area contributed by atoms with Gasteiger partial charge in [0.25, 0.3) is 0 Å². The van der Waals surface area contributed by atoms with Crippen LogP contribution < -0.4 is 5.32 Å². The first-order valence-corrected chi connectivity index (χ1v) is 7.49. The molecule has 0 fully saturated rings. The third-order valence-electron chi connectivity index (χ3n) is 3.72. The minimum atomic E-state index is -4.50. The van der Waals surface area contributed by atoms with Gasteiger partial charge in [0, 0.05) is 22.5 Å². The number of nitrogens with one attached hydrogen (secondary N) is 1. The average Bonchev–Trinajstić information content (AvgIpc) is 2.43. The maximum atomic E-state index is 14.8. The minimum Gasteiger partial charge on any atom is -0.477 e. The zero-order chi connectivity index (χ0) is 19.2. The summed E-state index contributed by atoms with van der Waals surface area (Å²) in [5.74, 6) is -2.14. The molecule has 1 heterocycles. The summed E-state index contributed by atoms with van der Waals surface area (Å²) in [6.45, 7) is 5.49. The third kappa shape index (κ3) is 4.65. The first-order valence-electron chi connectivity index (χ1n) is 7.49. The van der Waals surface area contributed by atoms with Gasteiger partial charge in [-0.05, 0) is 35.6 Å². The molecule has 26 heavy (non-hydrogen) atoms. The number of carboxylic acids is 1. The summed E-state index contributed by atoms with van der Waals surface area (Å²) in [5.41, 5.74) is -0.230. The maximum absolute atomic E-state index is 14.8. The van der Waals surface area contributed by atoms with Crippen LogP contribution in [0.5, 0.6) is 0 Å². The molecule has 0 amide bonds. The number of alkyl halides is 3. The van der Waals surface area contributed by atoms with Gasteiger partial charge in [-0.25, -0.2) is 14.2 Å². The Bertz CT molecular complexity index is 845. The van der Waals surface area contributed by atoms with E-state index in [-0.39, 0.29) is 39.4 Å². The fraction of sp³-hybridized carbons (Fsp3) is 0.412. The Balaban J connectivity index is 0.00000338. The zero-order valence-corrected chi connectivity index (χ0v) is 15.6. The second-order valence-electron chi connectivity index (χ2n) is 6.86. The van der Waals surface area contributed by atoms with Gasteiger partial charge in [-0.1, -0.05) is 20.8 Å². The van der Waals surface area contributed by atoms with E-state index in [4.69, 9.17) is 5.11 Å². The number of pyridine rings is 1. The quantitative estimate of drug-likeness (QED) is 0.567. The van der Waals surface area contributed by atoms with Gasteiger partial charge in [-0.2, -0.15) is 13.2 Å². The van der Waals surface area contributed by atoms with E-state index in [0.29, 0.717) is 11.1 Å². The molecule has 144 valence electrons. The number of aryl methyl sites for hydroxylation is 1. The zero-order valence-electron chi connectivity index (χ0n) is 14.5. The predicted octanol–water partition coefficient (Wildman–Crippen LogP) is 4.65. The van der Waals surface area contributed by atoms with Gasteiger partial charge in [-0.3, -0.25) is 0 Å². The number of nitrogens with zero attached hydrogens (tertiary/aromatic N) is 1. The number of carbonyl (C=O) groups is 1. The minimum absolute atomic E-state index is 0.